The summed E-state index contributed by atoms with van der Waals surface area (Å²) in [7, 11) is 0. The molecule has 70 heavy (non-hydrogen) atoms. The van der Waals surface area contributed by atoms with E-state index in [1.54, 1.807) is 0 Å². The molecule has 0 unspecified atom stereocenters. The summed E-state index contributed by atoms with van der Waals surface area (Å²) in [6.45, 7) is 4.69. The van der Waals surface area contributed by atoms with Gasteiger partial charge in [0.05, 0.1) is 39.0 Å². The van der Waals surface area contributed by atoms with Crippen LogP contribution in [0.1, 0.15) is 25.0 Å². The third-order valence-corrected chi connectivity index (χ3v) is 14.7. The largest absolute Gasteiger partial charge is 0.309 e. The van der Waals surface area contributed by atoms with Crippen LogP contribution in [0.4, 0.5) is 17.2 Å². The first kappa shape index (κ1) is 40.0. The van der Waals surface area contributed by atoms with Crippen molar-refractivity contribution in [1.82, 2.24) is 19.1 Å². The van der Waals surface area contributed by atoms with Crippen molar-refractivity contribution < 1.29 is 0 Å². The van der Waals surface area contributed by atoms with Crippen LogP contribution in [0.3, 0.4) is 0 Å². The van der Waals surface area contributed by atoms with Gasteiger partial charge in [0.1, 0.15) is 0 Å². The van der Waals surface area contributed by atoms with Crippen molar-refractivity contribution in [3.05, 3.63) is 248 Å². The first-order chi connectivity index (χ1) is 34.5. The fourth-order valence-electron chi connectivity index (χ4n) is 11.5. The summed E-state index contributed by atoms with van der Waals surface area (Å²) in [5.74, 6) is 1.42. The maximum atomic E-state index is 5.80. The van der Waals surface area contributed by atoms with Gasteiger partial charge < -0.3 is 4.57 Å². The highest BCUT2D eigenvalue weighted by Gasteiger charge is 2.38. The molecule has 0 amide bonds. The number of aromatic nitrogens is 4. The molecule has 1 aliphatic carbocycles. The van der Waals surface area contributed by atoms with Gasteiger partial charge >= 0.3 is 0 Å². The van der Waals surface area contributed by atoms with E-state index in [0.717, 1.165) is 72.3 Å². The van der Waals surface area contributed by atoms with Gasteiger partial charge in [0.25, 0.3) is 0 Å². The minimum absolute atomic E-state index is 0.194. The monoisotopic (exact) mass is 895 g/mol. The smallest absolute Gasteiger partial charge is 0.237 e. The molecule has 0 bridgehead atoms. The quantitative estimate of drug-likeness (QED) is 0.160. The summed E-state index contributed by atoms with van der Waals surface area (Å²) < 4.78 is 4.63. The molecule has 5 heteroatoms. The molecule has 0 radical (unpaired) electrons. The lowest BCUT2D eigenvalue weighted by Crippen LogP contribution is -2.18. The Kier molecular flexibility index (Phi) is 8.86. The van der Waals surface area contributed by atoms with E-state index in [0.29, 0.717) is 5.95 Å². The lowest BCUT2D eigenvalue weighted by molar-refractivity contribution is 0.660. The van der Waals surface area contributed by atoms with E-state index >= 15 is 0 Å². The van der Waals surface area contributed by atoms with Crippen LogP contribution in [-0.2, 0) is 5.41 Å². The Morgan fingerprint density at radius 2 is 0.900 bits per heavy atom. The fourth-order valence-corrected chi connectivity index (χ4v) is 11.5. The zero-order chi connectivity index (χ0) is 46.5. The first-order valence-electron chi connectivity index (χ1n) is 24.1. The zero-order valence-electron chi connectivity index (χ0n) is 38.8. The molecule has 0 aliphatic heterocycles. The molecular formula is C65H45N5. The van der Waals surface area contributed by atoms with E-state index in [9.17, 15) is 0 Å². The van der Waals surface area contributed by atoms with E-state index in [-0.39, 0.29) is 5.41 Å². The Balaban J connectivity index is 1.000. The van der Waals surface area contributed by atoms with Crippen LogP contribution >= 0.6 is 0 Å². The maximum Gasteiger partial charge on any atom is 0.237 e. The van der Waals surface area contributed by atoms with Crippen molar-refractivity contribution in [3.8, 4) is 45.0 Å². The molecule has 3 aromatic heterocycles. The van der Waals surface area contributed by atoms with Crippen molar-refractivity contribution in [3.63, 3.8) is 0 Å². The molecule has 13 aromatic rings. The van der Waals surface area contributed by atoms with Gasteiger partial charge in [-0.3, -0.25) is 9.47 Å². The molecular weight excluding hydrogens is 851 g/mol. The molecule has 0 saturated carbocycles. The first-order valence-corrected chi connectivity index (χ1v) is 24.1. The van der Waals surface area contributed by atoms with E-state index in [1.165, 1.54) is 49.6 Å². The molecule has 3 heterocycles. The van der Waals surface area contributed by atoms with E-state index in [1.807, 2.05) is 0 Å². The lowest BCUT2D eigenvalue weighted by Gasteiger charge is -2.30. The lowest BCUT2D eigenvalue weighted by atomic mass is 9.82. The van der Waals surface area contributed by atoms with E-state index < -0.39 is 0 Å². The summed E-state index contributed by atoms with van der Waals surface area (Å²) in [6.07, 6.45) is 0. The average molecular weight is 896 g/mol. The molecule has 10 aromatic carbocycles. The summed E-state index contributed by atoms with van der Waals surface area (Å²) >= 11 is 0. The molecule has 1 aliphatic rings. The third-order valence-electron chi connectivity index (χ3n) is 14.7. The summed E-state index contributed by atoms with van der Waals surface area (Å²) in [5.41, 5.74) is 18.1. The van der Waals surface area contributed by atoms with Crippen LogP contribution in [0.15, 0.2) is 237 Å². The number of para-hydroxylation sites is 5. The maximum absolute atomic E-state index is 5.80. The molecule has 330 valence electrons. The zero-order valence-corrected chi connectivity index (χ0v) is 38.8. The Bertz CT molecular complexity index is 4220. The third kappa shape index (κ3) is 5.98. The van der Waals surface area contributed by atoms with Gasteiger partial charge in [-0.2, -0.15) is 4.98 Å². The number of anilines is 3. The van der Waals surface area contributed by atoms with Gasteiger partial charge in [-0.1, -0.05) is 178 Å². The van der Waals surface area contributed by atoms with Crippen LogP contribution in [-0.4, -0.2) is 19.1 Å². The topological polar surface area (TPSA) is 38.9 Å². The second-order valence-electron chi connectivity index (χ2n) is 19.0. The predicted octanol–water partition coefficient (Wildman–Crippen LogP) is 16.9. The summed E-state index contributed by atoms with van der Waals surface area (Å²) in [5, 5.41) is 5.71. The predicted molar refractivity (Wildman–Crippen MR) is 291 cm³/mol. The van der Waals surface area contributed by atoms with Crippen LogP contribution in [0, 0.1) is 0 Å². The van der Waals surface area contributed by atoms with Crippen molar-refractivity contribution in [1.29, 1.82) is 0 Å². The summed E-state index contributed by atoms with van der Waals surface area (Å²) in [4.78, 5) is 13.7. The van der Waals surface area contributed by atoms with Crippen molar-refractivity contribution in [2.24, 2.45) is 0 Å². The Morgan fingerprint density at radius 3 is 1.63 bits per heavy atom. The molecule has 0 spiro atoms. The van der Waals surface area contributed by atoms with Crippen LogP contribution < -0.4 is 4.90 Å². The van der Waals surface area contributed by atoms with Crippen molar-refractivity contribution in [2.75, 3.05) is 4.90 Å². The highest BCUT2D eigenvalue weighted by Crippen LogP contribution is 2.55. The SMILES string of the molecule is CC1(C)c2ccccc2-c2c(N(c3ccccc3-c3ccccc3)c3nc(-n4c5ccccc5c5cc(-c6ccc7c(c6)c6ccccc6n7-c6ccccc6)ccc54)nc4ccccc34)cccc21. The van der Waals surface area contributed by atoms with Gasteiger partial charge in [0.2, 0.25) is 5.95 Å². The minimum atomic E-state index is -0.194. The molecule has 0 fully saturated rings. The average Bonchev–Trinajstić information content (AvgIpc) is 4.02. The van der Waals surface area contributed by atoms with Crippen molar-refractivity contribution >= 4 is 71.7 Å². The van der Waals surface area contributed by atoms with Crippen LogP contribution in [0.25, 0.3) is 99.5 Å². The van der Waals surface area contributed by atoms with Gasteiger partial charge in [0, 0.05) is 49.2 Å². The number of benzene rings is 10. The van der Waals surface area contributed by atoms with E-state index in [2.05, 4.69) is 264 Å². The normalized spacial score (nSPS) is 12.8. The van der Waals surface area contributed by atoms with E-state index in [4.69, 9.17) is 9.97 Å². The Hall–Kier alpha value is -9.06. The molecule has 0 N–H and O–H groups in total. The Labute approximate surface area is 405 Å². The standard InChI is InChI=1S/C65H45N5/c1-65(2)53-29-14-9-27-49(53)62-54(65)30-19-35-61(62)69(56-32-16-11-24-46(56)42-20-5-3-6-21-42)63-50-28-10-15-31-55(50)66-64(67-63)70-58-34-18-13-26-48(58)52-41-44(37-39-60(52)70)43-36-38-59-51(40-43)47-25-12-17-33-57(47)68(59)45-22-7-4-8-23-45/h3-41H,1-2H3. The summed E-state index contributed by atoms with van der Waals surface area (Å²) in [6, 6.07) is 85.4. The number of nitrogens with zero attached hydrogens (tertiary/aromatic N) is 5. The van der Waals surface area contributed by atoms with Gasteiger partial charge in [-0.25, -0.2) is 4.98 Å². The minimum Gasteiger partial charge on any atom is -0.309 e. The highest BCUT2D eigenvalue weighted by molar-refractivity contribution is 6.13. The van der Waals surface area contributed by atoms with Crippen LogP contribution in [0.2, 0.25) is 0 Å². The Morgan fingerprint density at radius 1 is 0.371 bits per heavy atom. The highest BCUT2D eigenvalue weighted by atomic mass is 15.3. The fraction of sp³-hybridized carbons (Fsp3) is 0.0462. The number of hydrogen-bond donors (Lipinski definition) is 0. The number of rotatable bonds is 7. The number of hydrogen-bond acceptors (Lipinski definition) is 3. The van der Waals surface area contributed by atoms with Gasteiger partial charge in [-0.05, 0) is 106 Å². The molecule has 14 rings (SSSR count). The number of fused-ring (bicyclic) bond motifs is 10. The van der Waals surface area contributed by atoms with Gasteiger partial charge in [-0.15, -0.1) is 0 Å². The molecule has 0 atom stereocenters. The van der Waals surface area contributed by atoms with Gasteiger partial charge in [0.15, 0.2) is 5.82 Å². The van der Waals surface area contributed by atoms with Crippen LogP contribution in [0.5, 0.6) is 0 Å². The second kappa shape index (κ2) is 15.5. The molecule has 5 nitrogen and oxygen atoms in total. The molecule has 0 saturated heterocycles. The van der Waals surface area contributed by atoms with Crippen molar-refractivity contribution in [2.45, 2.75) is 19.3 Å². The second-order valence-corrected chi connectivity index (χ2v) is 19.0.